The topological polar surface area (TPSA) is 45.6 Å². The molecule has 1 saturated heterocycles. The Morgan fingerprint density at radius 3 is 2.43 bits per heavy atom. The Labute approximate surface area is 172 Å². The quantitative estimate of drug-likeness (QED) is 0.516. The van der Waals surface area contributed by atoms with Crippen LogP contribution in [-0.4, -0.2) is 16.1 Å². The van der Waals surface area contributed by atoms with E-state index in [9.17, 15) is 4.79 Å². The van der Waals surface area contributed by atoms with Crippen LogP contribution < -0.4 is 4.90 Å². The molecule has 0 bridgehead atoms. The molecule has 1 aliphatic heterocycles. The second-order valence-electron chi connectivity index (χ2n) is 6.04. The van der Waals surface area contributed by atoms with Gasteiger partial charge in [-0.25, -0.2) is 4.98 Å². The zero-order chi connectivity index (χ0) is 19.3. The number of allylic oxidation sites excluding steroid dienone is 2. The van der Waals surface area contributed by atoms with Crippen molar-refractivity contribution in [3.63, 3.8) is 0 Å². The number of aromatic nitrogens is 1. The number of hydrogen-bond acceptors (Lipinski definition) is 5. The van der Waals surface area contributed by atoms with Crippen LogP contribution in [0.2, 0.25) is 0 Å². The maximum atomic E-state index is 13.1. The van der Waals surface area contributed by atoms with Gasteiger partial charge in [0.05, 0.1) is 16.3 Å². The summed E-state index contributed by atoms with van der Waals surface area (Å²) in [6.07, 6.45) is 5.72. The van der Waals surface area contributed by atoms with Crippen LogP contribution in [0.25, 0.3) is 6.08 Å². The molecule has 6 heteroatoms. The van der Waals surface area contributed by atoms with Crippen molar-refractivity contribution >= 4 is 51.1 Å². The molecule has 0 saturated carbocycles. The average Bonchev–Trinajstić information content (AvgIpc) is 3.26. The van der Waals surface area contributed by atoms with Crippen LogP contribution in [0.1, 0.15) is 11.3 Å². The third-order valence-corrected chi connectivity index (χ3v) is 5.79. The van der Waals surface area contributed by atoms with Crippen LogP contribution in [0.15, 0.2) is 88.1 Å². The van der Waals surface area contributed by atoms with Gasteiger partial charge in [-0.15, -0.1) is 11.3 Å². The molecule has 4 nitrogen and oxygen atoms in total. The Balaban J connectivity index is 1.67. The molecular weight excluding hydrogens is 386 g/mol. The summed E-state index contributed by atoms with van der Waals surface area (Å²) >= 11 is 2.83. The van der Waals surface area contributed by atoms with Crippen LogP contribution in [0, 0.1) is 6.92 Å². The Kier molecular flexibility index (Phi) is 5.50. The average molecular weight is 404 g/mol. The fourth-order valence-electron chi connectivity index (χ4n) is 2.65. The molecule has 0 N–H and O–H groups in total. The first-order chi connectivity index (χ1) is 13.7. The molecule has 2 heterocycles. The maximum absolute atomic E-state index is 13.1. The molecule has 3 aromatic rings. The van der Waals surface area contributed by atoms with Crippen molar-refractivity contribution in [2.75, 3.05) is 4.90 Å². The monoisotopic (exact) mass is 403 g/mol. The first kappa shape index (κ1) is 18.4. The second kappa shape index (κ2) is 8.37. The summed E-state index contributed by atoms with van der Waals surface area (Å²) in [4.78, 5) is 24.4. The molecule has 28 heavy (non-hydrogen) atoms. The van der Waals surface area contributed by atoms with E-state index >= 15 is 0 Å². The number of nitrogens with zero attached hydrogens (tertiary/aromatic N) is 3. The zero-order valence-electron chi connectivity index (χ0n) is 15.1. The minimum atomic E-state index is -0.0825. The zero-order valence-corrected chi connectivity index (χ0v) is 16.8. The third-order valence-electron chi connectivity index (χ3n) is 3.95. The number of carbonyl (C=O) groups excluding carboxylic acids is 1. The van der Waals surface area contributed by atoms with Crippen LogP contribution in [0.5, 0.6) is 0 Å². The van der Waals surface area contributed by atoms with Gasteiger partial charge in [0.15, 0.2) is 5.17 Å². The number of para-hydroxylation sites is 1. The summed E-state index contributed by atoms with van der Waals surface area (Å²) in [6.45, 7) is 1.93. The molecule has 0 aliphatic carbocycles. The highest BCUT2D eigenvalue weighted by molar-refractivity contribution is 8.19. The normalized spacial score (nSPS) is 17.3. The summed E-state index contributed by atoms with van der Waals surface area (Å²) in [5, 5.41) is 3.22. The van der Waals surface area contributed by atoms with Gasteiger partial charge in [-0.05, 0) is 42.5 Å². The summed E-state index contributed by atoms with van der Waals surface area (Å²) in [7, 11) is 0. The van der Waals surface area contributed by atoms with E-state index in [2.05, 4.69) is 9.98 Å². The van der Waals surface area contributed by atoms with Crippen molar-refractivity contribution in [1.82, 2.24) is 4.98 Å². The van der Waals surface area contributed by atoms with E-state index in [0.29, 0.717) is 15.2 Å². The minimum Gasteiger partial charge on any atom is -0.268 e. The highest BCUT2D eigenvalue weighted by Gasteiger charge is 2.34. The molecule has 1 aromatic heterocycles. The number of hydrogen-bond donors (Lipinski definition) is 0. The van der Waals surface area contributed by atoms with Gasteiger partial charge in [-0.2, -0.15) is 4.99 Å². The van der Waals surface area contributed by atoms with E-state index in [1.807, 2.05) is 91.2 Å². The molecule has 1 amide bonds. The van der Waals surface area contributed by atoms with E-state index in [4.69, 9.17) is 0 Å². The van der Waals surface area contributed by atoms with Crippen LogP contribution in [0.4, 0.5) is 10.8 Å². The number of rotatable bonds is 4. The lowest BCUT2D eigenvalue weighted by molar-refractivity contribution is -0.113. The predicted molar refractivity (Wildman–Crippen MR) is 119 cm³/mol. The van der Waals surface area contributed by atoms with E-state index in [-0.39, 0.29) is 5.91 Å². The van der Waals surface area contributed by atoms with Gasteiger partial charge in [0.25, 0.3) is 5.91 Å². The number of aryl methyl sites for hydroxylation is 1. The Morgan fingerprint density at radius 1 is 1.04 bits per heavy atom. The molecule has 138 valence electrons. The van der Waals surface area contributed by atoms with Crippen molar-refractivity contribution in [2.45, 2.75) is 6.92 Å². The maximum Gasteiger partial charge on any atom is 0.271 e. The molecule has 0 radical (unpaired) electrons. The molecule has 0 spiro atoms. The Morgan fingerprint density at radius 2 is 1.75 bits per heavy atom. The fourth-order valence-corrected chi connectivity index (χ4v) is 4.31. The van der Waals surface area contributed by atoms with Gasteiger partial charge in [0.2, 0.25) is 5.13 Å². The van der Waals surface area contributed by atoms with Gasteiger partial charge >= 0.3 is 0 Å². The number of amides is 1. The molecule has 0 atom stereocenters. The largest absolute Gasteiger partial charge is 0.271 e. The SMILES string of the molecule is Cc1csc(/N=C2/S/C(=C\C=C\c3ccccc3)C(=O)N2c2ccccc2)n1. The number of amidine groups is 1. The summed E-state index contributed by atoms with van der Waals surface area (Å²) in [5.41, 5.74) is 2.80. The van der Waals surface area contributed by atoms with Crippen LogP contribution in [-0.2, 0) is 4.79 Å². The first-order valence-corrected chi connectivity index (χ1v) is 10.4. The van der Waals surface area contributed by atoms with Crippen LogP contribution >= 0.6 is 23.1 Å². The van der Waals surface area contributed by atoms with E-state index in [1.165, 1.54) is 23.1 Å². The molecule has 1 fully saturated rings. The lowest BCUT2D eigenvalue weighted by Crippen LogP contribution is -2.28. The second-order valence-corrected chi connectivity index (χ2v) is 7.89. The first-order valence-electron chi connectivity index (χ1n) is 8.72. The van der Waals surface area contributed by atoms with Gasteiger partial charge in [0, 0.05) is 5.38 Å². The van der Waals surface area contributed by atoms with Gasteiger partial charge in [-0.1, -0.05) is 60.7 Å². The van der Waals surface area contributed by atoms with Gasteiger partial charge in [0.1, 0.15) is 0 Å². The standard InChI is InChI=1S/C22H17N3OS2/c1-16-15-27-21(23-16)24-22-25(18-12-6-3-7-13-18)20(26)19(28-22)14-8-11-17-9-4-2-5-10-17/h2-15H,1H3/b11-8+,19-14-,24-22+. The van der Waals surface area contributed by atoms with Crippen LogP contribution in [0.3, 0.4) is 0 Å². The number of benzene rings is 2. The smallest absolute Gasteiger partial charge is 0.268 e. The number of anilines is 1. The van der Waals surface area contributed by atoms with Crippen molar-refractivity contribution in [1.29, 1.82) is 0 Å². The molecule has 0 unspecified atom stereocenters. The van der Waals surface area contributed by atoms with Gasteiger partial charge < -0.3 is 0 Å². The summed E-state index contributed by atoms with van der Waals surface area (Å²) in [5.74, 6) is -0.0825. The van der Waals surface area contributed by atoms with Crippen molar-refractivity contribution in [2.24, 2.45) is 4.99 Å². The minimum absolute atomic E-state index is 0.0825. The third kappa shape index (κ3) is 4.13. The van der Waals surface area contributed by atoms with E-state index in [0.717, 1.165) is 16.9 Å². The molecular formula is C22H17N3OS2. The predicted octanol–water partition coefficient (Wildman–Crippen LogP) is 5.82. The Hall–Kier alpha value is -2.96. The lowest BCUT2D eigenvalue weighted by Gasteiger charge is -2.14. The fraction of sp³-hybridized carbons (Fsp3) is 0.0455. The van der Waals surface area contributed by atoms with Crippen molar-refractivity contribution in [3.05, 3.63) is 94.4 Å². The van der Waals surface area contributed by atoms with Crippen molar-refractivity contribution < 1.29 is 4.79 Å². The number of aliphatic imine (C=N–C) groups is 1. The van der Waals surface area contributed by atoms with E-state index in [1.54, 1.807) is 4.90 Å². The number of carbonyl (C=O) groups is 1. The molecule has 1 aliphatic rings. The molecule has 4 rings (SSSR count). The highest BCUT2D eigenvalue weighted by Crippen LogP contribution is 2.36. The van der Waals surface area contributed by atoms with Crippen molar-refractivity contribution in [3.8, 4) is 0 Å². The molecule has 2 aromatic carbocycles. The summed E-state index contributed by atoms with van der Waals surface area (Å²) < 4.78 is 0. The lowest BCUT2D eigenvalue weighted by atomic mass is 10.2. The van der Waals surface area contributed by atoms with E-state index < -0.39 is 0 Å². The summed E-state index contributed by atoms with van der Waals surface area (Å²) in [6, 6.07) is 19.6. The Bertz CT molecular complexity index is 1070. The number of thiazole rings is 1. The van der Waals surface area contributed by atoms with Gasteiger partial charge in [-0.3, -0.25) is 9.69 Å². The highest BCUT2D eigenvalue weighted by atomic mass is 32.2. The number of thioether (sulfide) groups is 1.